The molecule has 0 N–H and O–H groups in total. The minimum Gasteiger partial charge on any atom is -0.303 e. The SMILES string of the molecule is Br.CCCN1CCCCC1. The molecule has 0 atom stereocenters. The molecule has 0 aromatic rings. The fraction of sp³-hybridized carbons (Fsp3) is 1.00. The number of piperidine rings is 1. The number of hydrogen-bond acceptors (Lipinski definition) is 1. The lowest BCUT2D eigenvalue weighted by Crippen LogP contribution is -2.30. The standard InChI is InChI=1S/C8H17N.BrH/c1-2-6-9-7-4-3-5-8-9;/h2-8H2,1H3;1H. The van der Waals surface area contributed by atoms with Crippen molar-refractivity contribution in [1.29, 1.82) is 0 Å². The molecule has 1 nitrogen and oxygen atoms in total. The lowest BCUT2D eigenvalue weighted by atomic mass is 10.1. The van der Waals surface area contributed by atoms with Crippen LogP contribution in [0.15, 0.2) is 0 Å². The minimum absolute atomic E-state index is 0. The van der Waals surface area contributed by atoms with Crippen LogP contribution < -0.4 is 0 Å². The molecule has 0 aromatic carbocycles. The van der Waals surface area contributed by atoms with Gasteiger partial charge in [0.15, 0.2) is 0 Å². The van der Waals surface area contributed by atoms with Crippen LogP contribution in [0, 0.1) is 0 Å². The van der Waals surface area contributed by atoms with E-state index < -0.39 is 0 Å². The van der Waals surface area contributed by atoms with E-state index in [-0.39, 0.29) is 17.0 Å². The summed E-state index contributed by atoms with van der Waals surface area (Å²) < 4.78 is 0. The van der Waals surface area contributed by atoms with Gasteiger partial charge in [0.05, 0.1) is 0 Å². The summed E-state index contributed by atoms with van der Waals surface area (Å²) >= 11 is 0. The Hall–Kier alpha value is 0.440. The normalized spacial score (nSPS) is 20.1. The summed E-state index contributed by atoms with van der Waals surface area (Å²) in [7, 11) is 0. The van der Waals surface area contributed by atoms with Crippen molar-refractivity contribution in [1.82, 2.24) is 4.90 Å². The molecular formula is C8H18BrN. The number of halogens is 1. The first-order chi connectivity index (χ1) is 4.43. The number of rotatable bonds is 2. The van der Waals surface area contributed by atoms with Crippen molar-refractivity contribution in [3.8, 4) is 0 Å². The van der Waals surface area contributed by atoms with Gasteiger partial charge in [-0.1, -0.05) is 13.3 Å². The molecule has 1 aliphatic rings. The molecule has 1 saturated heterocycles. The molecule has 0 unspecified atom stereocenters. The van der Waals surface area contributed by atoms with Gasteiger partial charge in [0.2, 0.25) is 0 Å². The third-order valence-corrected chi connectivity index (χ3v) is 1.99. The molecule has 0 amide bonds. The summed E-state index contributed by atoms with van der Waals surface area (Å²) in [5.41, 5.74) is 0. The largest absolute Gasteiger partial charge is 0.303 e. The van der Waals surface area contributed by atoms with Gasteiger partial charge in [0.25, 0.3) is 0 Å². The summed E-state index contributed by atoms with van der Waals surface area (Å²) in [6, 6.07) is 0. The van der Waals surface area contributed by atoms with Crippen LogP contribution in [0.4, 0.5) is 0 Å². The first kappa shape index (κ1) is 10.4. The van der Waals surface area contributed by atoms with Crippen LogP contribution in [0.5, 0.6) is 0 Å². The monoisotopic (exact) mass is 207 g/mol. The summed E-state index contributed by atoms with van der Waals surface area (Å²) in [6.45, 7) is 6.29. The van der Waals surface area contributed by atoms with Gasteiger partial charge in [0.1, 0.15) is 0 Å². The molecule has 0 bridgehead atoms. The van der Waals surface area contributed by atoms with E-state index in [4.69, 9.17) is 0 Å². The average molecular weight is 208 g/mol. The Morgan fingerprint density at radius 2 is 1.70 bits per heavy atom. The van der Waals surface area contributed by atoms with Gasteiger partial charge in [-0.05, 0) is 38.9 Å². The fourth-order valence-corrected chi connectivity index (χ4v) is 1.50. The van der Waals surface area contributed by atoms with E-state index in [0.29, 0.717) is 0 Å². The van der Waals surface area contributed by atoms with E-state index in [0.717, 1.165) is 0 Å². The topological polar surface area (TPSA) is 3.24 Å². The summed E-state index contributed by atoms with van der Waals surface area (Å²) in [5, 5.41) is 0. The van der Waals surface area contributed by atoms with Crippen molar-refractivity contribution in [3.63, 3.8) is 0 Å². The van der Waals surface area contributed by atoms with Crippen LogP contribution in [0.3, 0.4) is 0 Å². The predicted molar refractivity (Wildman–Crippen MR) is 50.9 cm³/mol. The first-order valence-corrected chi connectivity index (χ1v) is 4.16. The van der Waals surface area contributed by atoms with Gasteiger partial charge in [-0.2, -0.15) is 0 Å². The second kappa shape index (κ2) is 6.17. The van der Waals surface area contributed by atoms with Crippen LogP contribution >= 0.6 is 17.0 Å². The van der Waals surface area contributed by atoms with Crippen molar-refractivity contribution < 1.29 is 0 Å². The first-order valence-electron chi connectivity index (χ1n) is 4.16. The van der Waals surface area contributed by atoms with Crippen LogP contribution in [0.25, 0.3) is 0 Å². The van der Waals surface area contributed by atoms with Crippen LogP contribution in [-0.2, 0) is 0 Å². The third kappa shape index (κ3) is 3.57. The average Bonchev–Trinajstić information content (AvgIpc) is 1.91. The van der Waals surface area contributed by atoms with E-state index >= 15 is 0 Å². The molecule has 1 fully saturated rings. The highest BCUT2D eigenvalue weighted by Crippen LogP contribution is 2.07. The van der Waals surface area contributed by atoms with Crippen LogP contribution in [0.2, 0.25) is 0 Å². The highest BCUT2D eigenvalue weighted by Gasteiger charge is 2.07. The van der Waals surface area contributed by atoms with E-state index in [2.05, 4.69) is 11.8 Å². The maximum atomic E-state index is 2.57. The molecule has 10 heavy (non-hydrogen) atoms. The van der Waals surface area contributed by atoms with Gasteiger partial charge in [-0.25, -0.2) is 0 Å². The van der Waals surface area contributed by atoms with Crippen molar-refractivity contribution in [2.75, 3.05) is 19.6 Å². The zero-order chi connectivity index (χ0) is 6.53. The lowest BCUT2D eigenvalue weighted by Gasteiger charge is -2.25. The van der Waals surface area contributed by atoms with Gasteiger partial charge in [0, 0.05) is 0 Å². The number of likely N-dealkylation sites (tertiary alicyclic amines) is 1. The summed E-state index contributed by atoms with van der Waals surface area (Å²) in [4.78, 5) is 2.57. The van der Waals surface area contributed by atoms with Crippen molar-refractivity contribution >= 4 is 17.0 Å². The van der Waals surface area contributed by atoms with Gasteiger partial charge in [-0.15, -0.1) is 17.0 Å². The molecule has 0 aliphatic carbocycles. The Balaban J connectivity index is 0.000000810. The smallest absolute Gasteiger partial charge is 0.00187 e. The van der Waals surface area contributed by atoms with Crippen LogP contribution in [0.1, 0.15) is 32.6 Å². The van der Waals surface area contributed by atoms with Gasteiger partial charge >= 0.3 is 0 Å². The van der Waals surface area contributed by atoms with Crippen molar-refractivity contribution in [2.24, 2.45) is 0 Å². The molecule has 0 aromatic heterocycles. The Morgan fingerprint density at radius 3 is 2.20 bits per heavy atom. The quantitative estimate of drug-likeness (QED) is 0.673. The summed E-state index contributed by atoms with van der Waals surface area (Å²) in [6.07, 6.45) is 5.64. The fourth-order valence-electron chi connectivity index (χ4n) is 1.50. The van der Waals surface area contributed by atoms with Gasteiger partial charge in [-0.3, -0.25) is 0 Å². The maximum Gasteiger partial charge on any atom is -0.00187 e. The number of hydrogen-bond donors (Lipinski definition) is 0. The van der Waals surface area contributed by atoms with Crippen LogP contribution in [-0.4, -0.2) is 24.5 Å². The minimum atomic E-state index is 0. The van der Waals surface area contributed by atoms with E-state index in [1.54, 1.807) is 0 Å². The highest BCUT2D eigenvalue weighted by molar-refractivity contribution is 8.93. The zero-order valence-corrected chi connectivity index (χ0v) is 8.52. The van der Waals surface area contributed by atoms with Crippen molar-refractivity contribution in [3.05, 3.63) is 0 Å². The lowest BCUT2D eigenvalue weighted by molar-refractivity contribution is 0.229. The second-order valence-corrected chi connectivity index (χ2v) is 2.90. The Kier molecular flexibility index (Phi) is 6.44. The molecule has 2 heteroatoms. The Morgan fingerprint density at radius 1 is 1.10 bits per heavy atom. The third-order valence-electron chi connectivity index (χ3n) is 1.99. The molecule has 0 spiro atoms. The molecule has 1 aliphatic heterocycles. The zero-order valence-electron chi connectivity index (χ0n) is 6.81. The maximum absolute atomic E-state index is 2.57. The summed E-state index contributed by atoms with van der Waals surface area (Å²) in [5.74, 6) is 0. The Bertz CT molecular complexity index is 66.9. The van der Waals surface area contributed by atoms with E-state index in [1.165, 1.54) is 45.3 Å². The molecule has 0 radical (unpaired) electrons. The molecule has 1 heterocycles. The number of nitrogens with zero attached hydrogens (tertiary/aromatic N) is 1. The predicted octanol–water partition coefficient (Wildman–Crippen LogP) is 2.46. The molecule has 1 rings (SSSR count). The highest BCUT2D eigenvalue weighted by atomic mass is 79.9. The second-order valence-electron chi connectivity index (χ2n) is 2.90. The van der Waals surface area contributed by atoms with Gasteiger partial charge < -0.3 is 4.90 Å². The van der Waals surface area contributed by atoms with E-state index in [1.807, 2.05) is 0 Å². The molecular weight excluding hydrogens is 190 g/mol. The van der Waals surface area contributed by atoms with Crippen molar-refractivity contribution in [2.45, 2.75) is 32.6 Å². The molecule has 62 valence electrons. The molecule has 0 saturated carbocycles. The van der Waals surface area contributed by atoms with E-state index in [9.17, 15) is 0 Å². The Labute approximate surface area is 74.6 Å².